The largest absolute Gasteiger partial charge is 0.360 e. The molecule has 76 valence electrons. The van der Waals surface area contributed by atoms with Crippen LogP contribution in [0.15, 0.2) is 0 Å². The summed E-state index contributed by atoms with van der Waals surface area (Å²) in [7, 11) is 0. The molecule has 4 N–H and O–H groups in total. The van der Waals surface area contributed by atoms with Crippen molar-refractivity contribution < 1.29 is 0 Å². The third kappa shape index (κ3) is 4.66. The number of hydrogen-bond acceptors (Lipinski definition) is 4. The van der Waals surface area contributed by atoms with E-state index in [1.165, 1.54) is 24.6 Å². The fourth-order valence-electron chi connectivity index (χ4n) is 1.20. The van der Waals surface area contributed by atoms with Crippen LogP contribution in [-0.4, -0.2) is 47.7 Å². The molecular weight excluding hydrogens is 204 g/mol. The second-order valence-electron chi connectivity index (χ2n) is 2.85. The number of hydrazine groups is 1. The van der Waals surface area contributed by atoms with Crippen LogP contribution in [0.3, 0.4) is 0 Å². The number of thioether (sulfide) groups is 1. The van der Waals surface area contributed by atoms with Gasteiger partial charge in [0.1, 0.15) is 0 Å². The zero-order chi connectivity index (χ0) is 9.52. The molecule has 1 fully saturated rings. The van der Waals surface area contributed by atoms with Gasteiger partial charge in [0.15, 0.2) is 5.11 Å². The second-order valence-corrected chi connectivity index (χ2v) is 4.49. The molecule has 0 unspecified atom stereocenters. The molecule has 1 saturated heterocycles. The van der Waals surface area contributed by atoms with E-state index in [4.69, 9.17) is 18.1 Å². The molecule has 1 aliphatic rings. The summed E-state index contributed by atoms with van der Waals surface area (Å²) >= 11 is 6.87. The summed E-state index contributed by atoms with van der Waals surface area (Å²) in [5.74, 6) is 7.62. The fourth-order valence-corrected chi connectivity index (χ4v) is 2.28. The number of rotatable bonds is 3. The molecule has 0 saturated carbocycles. The Morgan fingerprint density at radius 3 is 2.77 bits per heavy atom. The zero-order valence-corrected chi connectivity index (χ0v) is 9.22. The van der Waals surface area contributed by atoms with Crippen molar-refractivity contribution in [3.63, 3.8) is 0 Å². The molecular formula is C7H16N4S2. The first kappa shape index (κ1) is 11.0. The minimum Gasteiger partial charge on any atom is -0.360 e. The molecule has 0 aliphatic carbocycles. The fraction of sp³-hybridized carbons (Fsp3) is 0.857. The lowest BCUT2D eigenvalue weighted by molar-refractivity contribution is 0.307. The van der Waals surface area contributed by atoms with Crippen molar-refractivity contribution in [1.82, 2.24) is 15.6 Å². The summed E-state index contributed by atoms with van der Waals surface area (Å²) in [5.41, 5.74) is 2.40. The van der Waals surface area contributed by atoms with E-state index in [0.717, 1.165) is 13.1 Å². The van der Waals surface area contributed by atoms with E-state index in [1.807, 2.05) is 11.8 Å². The van der Waals surface area contributed by atoms with Crippen molar-refractivity contribution in [3.8, 4) is 0 Å². The summed E-state index contributed by atoms with van der Waals surface area (Å²) in [6.45, 7) is 4.29. The molecule has 0 aromatic carbocycles. The summed E-state index contributed by atoms with van der Waals surface area (Å²) in [6.07, 6.45) is 0. The average molecular weight is 220 g/mol. The second kappa shape index (κ2) is 6.42. The molecule has 1 rings (SSSR count). The highest BCUT2D eigenvalue weighted by Crippen LogP contribution is 2.07. The smallest absolute Gasteiger partial charge is 0.180 e. The zero-order valence-electron chi connectivity index (χ0n) is 7.58. The standard InChI is InChI=1S/C7H16N4S2/c8-10-7(12)9-1-2-11-3-5-13-6-4-11/h1-6,8H2,(H2,9,10,12). The van der Waals surface area contributed by atoms with Gasteiger partial charge in [-0.2, -0.15) is 11.8 Å². The SMILES string of the molecule is NNC(=S)NCCN1CCSCC1. The molecule has 0 radical (unpaired) electrons. The van der Waals surface area contributed by atoms with Gasteiger partial charge >= 0.3 is 0 Å². The van der Waals surface area contributed by atoms with Crippen molar-refractivity contribution in [2.45, 2.75) is 0 Å². The molecule has 6 heteroatoms. The van der Waals surface area contributed by atoms with Crippen molar-refractivity contribution in [3.05, 3.63) is 0 Å². The van der Waals surface area contributed by atoms with Gasteiger partial charge in [-0.15, -0.1) is 0 Å². The minimum atomic E-state index is 0.520. The Morgan fingerprint density at radius 2 is 2.15 bits per heavy atom. The van der Waals surface area contributed by atoms with E-state index in [9.17, 15) is 0 Å². The van der Waals surface area contributed by atoms with Crippen molar-refractivity contribution in [1.29, 1.82) is 0 Å². The molecule has 0 bridgehead atoms. The number of hydrogen-bond donors (Lipinski definition) is 3. The summed E-state index contributed by atoms with van der Waals surface area (Å²) in [6, 6.07) is 0. The maximum Gasteiger partial charge on any atom is 0.180 e. The predicted molar refractivity (Wildman–Crippen MR) is 61.7 cm³/mol. The van der Waals surface area contributed by atoms with Crippen LogP contribution < -0.4 is 16.6 Å². The quantitative estimate of drug-likeness (QED) is 0.335. The number of nitrogens with zero attached hydrogens (tertiary/aromatic N) is 1. The van der Waals surface area contributed by atoms with E-state index < -0.39 is 0 Å². The van der Waals surface area contributed by atoms with Gasteiger partial charge in [-0.3, -0.25) is 4.90 Å². The normalized spacial score (nSPS) is 18.2. The van der Waals surface area contributed by atoms with Gasteiger partial charge in [-0.05, 0) is 12.2 Å². The van der Waals surface area contributed by atoms with E-state index in [1.54, 1.807) is 0 Å². The lowest BCUT2D eigenvalue weighted by Gasteiger charge is -2.26. The first-order chi connectivity index (χ1) is 6.33. The average Bonchev–Trinajstić information content (AvgIpc) is 2.19. The van der Waals surface area contributed by atoms with Gasteiger partial charge in [0.05, 0.1) is 0 Å². The van der Waals surface area contributed by atoms with Gasteiger partial charge in [-0.25, -0.2) is 5.84 Å². The lowest BCUT2D eigenvalue weighted by atomic mass is 10.4. The predicted octanol–water partition coefficient (Wildman–Crippen LogP) is -0.627. The Morgan fingerprint density at radius 1 is 1.46 bits per heavy atom. The van der Waals surface area contributed by atoms with E-state index in [2.05, 4.69) is 15.6 Å². The van der Waals surface area contributed by atoms with Crippen molar-refractivity contribution >= 4 is 29.1 Å². The maximum atomic E-state index is 5.12. The third-order valence-electron chi connectivity index (χ3n) is 1.95. The van der Waals surface area contributed by atoms with Gasteiger partial charge in [0, 0.05) is 37.7 Å². The van der Waals surface area contributed by atoms with Gasteiger partial charge in [0.25, 0.3) is 0 Å². The van der Waals surface area contributed by atoms with Gasteiger partial charge in [0.2, 0.25) is 0 Å². The Labute approximate surface area is 88.6 Å². The highest BCUT2D eigenvalue weighted by molar-refractivity contribution is 7.99. The van der Waals surface area contributed by atoms with E-state index >= 15 is 0 Å². The number of nitrogens with one attached hydrogen (secondary N) is 2. The summed E-state index contributed by atoms with van der Waals surface area (Å²) in [5, 5.41) is 3.55. The first-order valence-corrected chi connectivity index (χ1v) is 5.94. The Kier molecular flexibility index (Phi) is 5.45. The van der Waals surface area contributed by atoms with Crippen LogP contribution >= 0.6 is 24.0 Å². The van der Waals surface area contributed by atoms with Crippen LogP contribution in [0.4, 0.5) is 0 Å². The molecule has 4 nitrogen and oxygen atoms in total. The molecule has 0 spiro atoms. The Hall–Kier alpha value is -0.0400. The van der Waals surface area contributed by atoms with Gasteiger partial charge < -0.3 is 10.7 Å². The van der Waals surface area contributed by atoms with Crippen LogP contribution in [0.25, 0.3) is 0 Å². The Bertz CT molecular complexity index is 159. The summed E-state index contributed by atoms with van der Waals surface area (Å²) in [4.78, 5) is 2.43. The van der Waals surface area contributed by atoms with Crippen molar-refractivity contribution in [2.24, 2.45) is 5.84 Å². The highest BCUT2D eigenvalue weighted by Gasteiger charge is 2.08. The van der Waals surface area contributed by atoms with Crippen LogP contribution in [0, 0.1) is 0 Å². The minimum absolute atomic E-state index is 0.520. The number of nitrogens with two attached hydrogens (primary N) is 1. The third-order valence-corrected chi connectivity index (χ3v) is 3.15. The monoisotopic (exact) mass is 220 g/mol. The highest BCUT2D eigenvalue weighted by atomic mass is 32.2. The molecule has 0 aromatic heterocycles. The van der Waals surface area contributed by atoms with Crippen LogP contribution in [-0.2, 0) is 0 Å². The van der Waals surface area contributed by atoms with Crippen LogP contribution in [0.1, 0.15) is 0 Å². The lowest BCUT2D eigenvalue weighted by Crippen LogP contribution is -2.44. The van der Waals surface area contributed by atoms with Gasteiger partial charge in [-0.1, -0.05) is 0 Å². The van der Waals surface area contributed by atoms with E-state index in [0.29, 0.717) is 5.11 Å². The molecule has 0 atom stereocenters. The van der Waals surface area contributed by atoms with Crippen LogP contribution in [0.5, 0.6) is 0 Å². The van der Waals surface area contributed by atoms with Crippen molar-refractivity contribution in [2.75, 3.05) is 37.7 Å². The Balaban J connectivity index is 2.01. The molecule has 1 heterocycles. The molecule has 13 heavy (non-hydrogen) atoms. The first-order valence-electron chi connectivity index (χ1n) is 4.37. The molecule has 0 amide bonds. The topological polar surface area (TPSA) is 53.3 Å². The van der Waals surface area contributed by atoms with Crippen LogP contribution in [0.2, 0.25) is 0 Å². The maximum absolute atomic E-state index is 5.12. The summed E-state index contributed by atoms with van der Waals surface area (Å²) < 4.78 is 0. The van der Waals surface area contributed by atoms with E-state index in [-0.39, 0.29) is 0 Å². The molecule has 1 aliphatic heterocycles. The molecule has 0 aromatic rings. The number of thiocarbonyl (C=S) groups is 1.